The quantitative estimate of drug-likeness (QED) is 0.780. The smallest absolute Gasteiger partial charge is 0.243 e. The lowest BCUT2D eigenvalue weighted by Crippen LogP contribution is -3.18. The first-order valence-corrected chi connectivity index (χ1v) is 10.4. The number of rotatable bonds is 3. The summed E-state index contributed by atoms with van der Waals surface area (Å²) < 4.78 is 43.9. The highest BCUT2D eigenvalue weighted by atomic mass is 32.2. The predicted molar refractivity (Wildman–Crippen MR) is 90.7 cm³/mol. The van der Waals surface area contributed by atoms with Crippen LogP contribution in [0.2, 0.25) is 0 Å². The molecule has 1 aromatic rings. The van der Waals surface area contributed by atoms with Crippen LogP contribution in [0.4, 0.5) is 0 Å². The summed E-state index contributed by atoms with van der Waals surface area (Å²) in [5.41, 5.74) is 0. The summed E-state index contributed by atoms with van der Waals surface area (Å²) in [4.78, 5) is 1.84. The van der Waals surface area contributed by atoms with Gasteiger partial charge in [-0.15, -0.1) is 0 Å². The Morgan fingerprint density at radius 3 is 2.36 bits per heavy atom. The molecule has 0 amide bonds. The van der Waals surface area contributed by atoms with Gasteiger partial charge in [-0.05, 0) is 12.1 Å². The molecule has 0 radical (unpaired) electrons. The van der Waals surface area contributed by atoms with Gasteiger partial charge in [0.1, 0.15) is 26.3 Å². The Hall–Kier alpha value is -1.35. The summed E-state index contributed by atoms with van der Waals surface area (Å²) in [5, 5.41) is 0. The number of nitrogens with zero attached hydrogens (tertiary/aromatic N) is 1. The number of piperidine rings is 1. The van der Waals surface area contributed by atoms with Crippen molar-refractivity contribution in [2.24, 2.45) is 0 Å². The molecule has 25 heavy (non-hydrogen) atoms. The average molecular weight is 369 g/mol. The van der Waals surface area contributed by atoms with Crippen LogP contribution in [0.15, 0.2) is 23.1 Å². The molecule has 2 fully saturated rings. The monoisotopic (exact) mass is 369 g/mol. The highest BCUT2D eigenvalue weighted by Gasteiger charge is 2.34. The van der Waals surface area contributed by atoms with Crippen molar-refractivity contribution in [2.75, 3.05) is 52.6 Å². The Morgan fingerprint density at radius 2 is 1.64 bits per heavy atom. The van der Waals surface area contributed by atoms with Crippen LogP contribution in [-0.2, 0) is 14.8 Å². The lowest BCUT2D eigenvalue weighted by atomic mass is 10.0. The molecule has 0 bridgehead atoms. The summed E-state index contributed by atoms with van der Waals surface area (Å²) in [5.74, 6) is 1.12. The number of fused-ring (bicyclic) bond motifs is 1. The number of nitrogens with one attached hydrogen (secondary N) is 1. The second kappa shape index (κ2) is 7.11. The third-order valence-electron chi connectivity index (χ3n) is 5.32. The zero-order chi connectivity index (χ0) is 17.3. The lowest BCUT2D eigenvalue weighted by molar-refractivity contribution is -0.934. The van der Waals surface area contributed by atoms with E-state index in [0.717, 1.165) is 39.1 Å². The van der Waals surface area contributed by atoms with E-state index >= 15 is 0 Å². The fraction of sp³-hybridized carbons (Fsp3) is 0.647. The first-order chi connectivity index (χ1) is 12.1. The Labute approximate surface area is 148 Å². The highest BCUT2D eigenvalue weighted by Crippen LogP contribution is 2.33. The van der Waals surface area contributed by atoms with E-state index in [1.165, 1.54) is 0 Å². The maximum absolute atomic E-state index is 13.0. The molecule has 0 saturated carbocycles. The van der Waals surface area contributed by atoms with Crippen LogP contribution >= 0.6 is 0 Å². The van der Waals surface area contributed by atoms with Gasteiger partial charge in [-0.1, -0.05) is 0 Å². The van der Waals surface area contributed by atoms with Gasteiger partial charge in [-0.2, -0.15) is 4.31 Å². The summed E-state index contributed by atoms with van der Waals surface area (Å²) in [6.07, 6.45) is 1.80. The third-order valence-corrected chi connectivity index (χ3v) is 7.21. The van der Waals surface area contributed by atoms with Crippen LogP contribution in [0.25, 0.3) is 0 Å². The fourth-order valence-electron chi connectivity index (χ4n) is 3.88. The molecule has 0 spiro atoms. The van der Waals surface area contributed by atoms with Gasteiger partial charge in [0.25, 0.3) is 0 Å². The molecule has 4 rings (SSSR count). The summed E-state index contributed by atoms with van der Waals surface area (Å²) in [6, 6.07) is 5.42. The normalized spacial score (nSPS) is 23.5. The van der Waals surface area contributed by atoms with Crippen LogP contribution < -0.4 is 14.4 Å². The number of morpholine rings is 1. The number of benzene rings is 1. The first-order valence-electron chi connectivity index (χ1n) is 8.97. The Morgan fingerprint density at radius 1 is 0.960 bits per heavy atom. The van der Waals surface area contributed by atoms with E-state index in [1.807, 2.05) is 0 Å². The van der Waals surface area contributed by atoms with Crippen molar-refractivity contribution in [3.05, 3.63) is 18.2 Å². The Balaban J connectivity index is 1.44. The predicted octanol–water partition coefficient (Wildman–Crippen LogP) is -0.474. The van der Waals surface area contributed by atoms with Gasteiger partial charge < -0.3 is 19.1 Å². The molecular formula is C17H25N2O5S+. The molecule has 2 saturated heterocycles. The minimum absolute atomic E-state index is 0.286. The molecule has 3 heterocycles. The van der Waals surface area contributed by atoms with Gasteiger partial charge in [-0.3, -0.25) is 0 Å². The zero-order valence-electron chi connectivity index (χ0n) is 14.3. The molecule has 138 valence electrons. The number of hydrogen-bond acceptors (Lipinski definition) is 5. The van der Waals surface area contributed by atoms with E-state index in [1.54, 1.807) is 27.4 Å². The molecule has 7 nitrogen and oxygen atoms in total. The van der Waals surface area contributed by atoms with Gasteiger partial charge in [0, 0.05) is 32.0 Å². The molecular weight excluding hydrogens is 344 g/mol. The van der Waals surface area contributed by atoms with Gasteiger partial charge in [0.2, 0.25) is 10.0 Å². The maximum atomic E-state index is 13.0. The lowest BCUT2D eigenvalue weighted by Gasteiger charge is -2.37. The van der Waals surface area contributed by atoms with Crippen molar-refractivity contribution < 1.29 is 27.5 Å². The summed E-state index contributed by atoms with van der Waals surface area (Å²) in [7, 11) is -3.49. The van der Waals surface area contributed by atoms with E-state index in [4.69, 9.17) is 14.2 Å². The van der Waals surface area contributed by atoms with E-state index in [9.17, 15) is 8.42 Å². The molecule has 0 atom stereocenters. The van der Waals surface area contributed by atoms with E-state index in [-0.39, 0.29) is 4.90 Å². The minimum Gasteiger partial charge on any atom is -0.486 e. The largest absolute Gasteiger partial charge is 0.486 e. The van der Waals surface area contributed by atoms with Crippen molar-refractivity contribution in [3.8, 4) is 11.5 Å². The third kappa shape index (κ3) is 3.48. The van der Waals surface area contributed by atoms with Crippen molar-refractivity contribution in [3.63, 3.8) is 0 Å². The van der Waals surface area contributed by atoms with Crippen LogP contribution in [0.5, 0.6) is 11.5 Å². The van der Waals surface area contributed by atoms with E-state index < -0.39 is 10.0 Å². The first kappa shape index (κ1) is 17.1. The van der Waals surface area contributed by atoms with Gasteiger partial charge in [-0.25, -0.2) is 8.42 Å². The molecule has 0 unspecified atom stereocenters. The van der Waals surface area contributed by atoms with Crippen LogP contribution in [-0.4, -0.2) is 71.4 Å². The van der Waals surface area contributed by atoms with Crippen LogP contribution in [0.3, 0.4) is 0 Å². The van der Waals surface area contributed by atoms with Crippen molar-refractivity contribution in [2.45, 2.75) is 23.8 Å². The SMILES string of the molecule is O=S(=O)(c1ccc2c(c1)OCCO2)N1CCC([NH+]2CCOCC2)CC1. The molecule has 3 aliphatic rings. The molecule has 0 aliphatic carbocycles. The summed E-state index contributed by atoms with van der Waals surface area (Å²) in [6.45, 7) is 5.77. The number of ether oxygens (including phenoxy) is 3. The standard InChI is InChI=1S/C17H24N2O5S/c20-25(21,15-1-2-16-17(13-15)24-12-11-23-16)19-5-3-14(4-6-19)18-7-9-22-10-8-18/h1-2,13-14H,3-12H2/p+1. The highest BCUT2D eigenvalue weighted by molar-refractivity contribution is 7.89. The molecule has 8 heteroatoms. The number of hydrogen-bond donors (Lipinski definition) is 1. The van der Waals surface area contributed by atoms with Gasteiger partial charge in [0.15, 0.2) is 11.5 Å². The van der Waals surface area contributed by atoms with Crippen molar-refractivity contribution >= 4 is 10.0 Å². The molecule has 0 aromatic heterocycles. The van der Waals surface area contributed by atoms with E-state index in [0.29, 0.717) is 43.8 Å². The van der Waals surface area contributed by atoms with Gasteiger partial charge in [0.05, 0.1) is 24.2 Å². The maximum Gasteiger partial charge on any atom is 0.243 e. The zero-order valence-corrected chi connectivity index (χ0v) is 15.1. The topological polar surface area (TPSA) is 69.5 Å². The summed E-state index contributed by atoms with van der Waals surface area (Å²) >= 11 is 0. The van der Waals surface area contributed by atoms with Crippen LogP contribution in [0, 0.1) is 0 Å². The second-order valence-corrected chi connectivity index (χ2v) is 8.69. The number of sulfonamides is 1. The molecule has 1 N–H and O–H groups in total. The average Bonchev–Trinajstić information content (AvgIpc) is 2.68. The van der Waals surface area contributed by atoms with E-state index in [2.05, 4.69) is 0 Å². The fourth-order valence-corrected chi connectivity index (χ4v) is 5.37. The second-order valence-electron chi connectivity index (χ2n) is 6.75. The minimum atomic E-state index is -3.49. The van der Waals surface area contributed by atoms with Crippen LogP contribution in [0.1, 0.15) is 12.8 Å². The van der Waals surface area contributed by atoms with Crippen molar-refractivity contribution in [1.82, 2.24) is 4.31 Å². The Bertz CT molecular complexity index is 710. The molecule has 3 aliphatic heterocycles. The number of quaternary nitrogens is 1. The van der Waals surface area contributed by atoms with Gasteiger partial charge >= 0.3 is 0 Å². The van der Waals surface area contributed by atoms with Crippen molar-refractivity contribution in [1.29, 1.82) is 0 Å². The Kier molecular flexibility index (Phi) is 4.86. The molecule has 1 aromatic carbocycles.